The van der Waals surface area contributed by atoms with Crippen LogP contribution in [0.25, 0.3) is 0 Å². The quantitative estimate of drug-likeness (QED) is 0.846. The summed E-state index contributed by atoms with van der Waals surface area (Å²) in [5.41, 5.74) is 1.11. The summed E-state index contributed by atoms with van der Waals surface area (Å²) in [6, 6.07) is 4.99. The molecule has 2 atom stereocenters. The zero-order valence-corrected chi connectivity index (χ0v) is 10.9. The van der Waals surface area contributed by atoms with E-state index in [0.29, 0.717) is 12.1 Å². The van der Waals surface area contributed by atoms with Gasteiger partial charge in [-0.3, -0.25) is 4.90 Å². The average Bonchev–Trinajstić information content (AvgIpc) is 2.93. The summed E-state index contributed by atoms with van der Waals surface area (Å²) in [7, 11) is 0. The fourth-order valence-corrected chi connectivity index (χ4v) is 3.49. The summed E-state index contributed by atoms with van der Waals surface area (Å²) in [5, 5.41) is 8.85. The number of fused-ring (bicyclic) bond motifs is 2. The fraction of sp³-hybridized carbons (Fsp3) is 0.533. The van der Waals surface area contributed by atoms with E-state index >= 15 is 0 Å². The molecule has 1 N–H and O–H groups in total. The molecule has 2 unspecified atom stereocenters. The lowest BCUT2D eigenvalue weighted by Crippen LogP contribution is -2.41. The molecule has 0 radical (unpaired) electrons. The first-order valence-corrected chi connectivity index (χ1v) is 6.93. The van der Waals surface area contributed by atoms with Gasteiger partial charge in [-0.1, -0.05) is 5.57 Å². The number of carbonyl (C=O) groups is 1. The van der Waals surface area contributed by atoms with Crippen molar-refractivity contribution in [1.82, 2.24) is 4.90 Å². The molecule has 2 fully saturated rings. The molecule has 2 aliphatic heterocycles. The van der Waals surface area contributed by atoms with Crippen LogP contribution in [0.5, 0.6) is 0 Å². The molecule has 3 heterocycles. The molecular weight excluding hydrogens is 242 g/mol. The van der Waals surface area contributed by atoms with E-state index in [-0.39, 0.29) is 0 Å². The van der Waals surface area contributed by atoms with Crippen LogP contribution in [-0.2, 0) is 11.2 Å². The van der Waals surface area contributed by atoms with Gasteiger partial charge in [0.25, 0.3) is 0 Å². The zero-order valence-electron chi connectivity index (χ0n) is 10.9. The van der Waals surface area contributed by atoms with Crippen LogP contribution in [0.2, 0.25) is 0 Å². The van der Waals surface area contributed by atoms with Crippen molar-refractivity contribution in [3.63, 3.8) is 0 Å². The van der Waals surface area contributed by atoms with E-state index in [1.54, 1.807) is 6.26 Å². The third-order valence-corrected chi connectivity index (χ3v) is 4.29. The second-order valence-corrected chi connectivity index (χ2v) is 5.50. The molecule has 4 nitrogen and oxygen atoms in total. The molecule has 102 valence electrons. The van der Waals surface area contributed by atoms with E-state index < -0.39 is 5.97 Å². The first kappa shape index (κ1) is 12.5. The molecule has 4 heteroatoms. The Kier molecular flexibility index (Phi) is 3.42. The molecule has 0 amide bonds. The Morgan fingerprint density at radius 3 is 2.74 bits per heavy atom. The molecule has 1 aromatic heterocycles. The van der Waals surface area contributed by atoms with Crippen LogP contribution in [0.15, 0.2) is 34.5 Å². The Morgan fingerprint density at radius 1 is 1.42 bits per heavy atom. The van der Waals surface area contributed by atoms with E-state index in [1.165, 1.54) is 18.9 Å². The lowest BCUT2D eigenvalue weighted by Gasteiger charge is -2.35. The topological polar surface area (TPSA) is 53.7 Å². The van der Waals surface area contributed by atoms with Gasteiger partial charge in [-0.25, -0.2) is 4.79 Å². The van der Waals surface area contributed by atoms with Crippen molar-refractivity contribution >= 4 is 5.97 Å². The molecule has 0 saturated carbocycles. The first-order chi connectivity index (χ1) is 9.22. The molecular formula is C15H19NO3. The normalized spacial score (nSPS) is 26.6. The Morgan fingerprint density at radius 2 is 2.16 bits per heavy atom. The standard InChI is InChI=1S/C15H19NO3/c17-15(18)10-11-8-12-3-4-13(9-11)16(12)6-5-14-2-1-7-19-14/h1-2,7,10,12-13H,3-6,8-9H2,(H,17,18). The minimum absolute atomic E-state index is 0.527. The Labute approximate surface area is 112 Å². The number of furan rings is 1. The second kappa shape index (κ2) is 5.21. The number of hydrogen-bond donors (Lipinski definition) is 1. The predicted octanol–water partition coefficient (Wildman–Crippen LogP) is 2.46. The summed E-state index contributed by atoms with van der Waals surface area (Å²) < 4.78 is 5.37. The highest BCUT2D eigenvalue weighted by Gasteiger charge is 2.38. The Balaban J connectivity index is 1.62. The van der Waals surface area contributed by atoms with Crippen molar-refractivity contribution in [3.8, 4) is 0 Å². The number of piperidine rings is 1. The third kappa shape index (κ3) is 2.73. The number of nitrogens with zero attached hydrogens (tertiary/aromatic N) is 1. The minimum atomic E-state index is -0.807. The van der Waals surface area contributed by atoms with Crippen LogP contribution in [0, 0.1) is 0 Å². The van der Waals surface area contributed by atoms with Gasteiger partial charge in [0.1, 0.15) is 5.76 Å². The van der Waals surface area contributed by atoms with Gasteiger partial charge in [-0.2, -0.15) is 0 Å². The molecule has 0 aromatic carbocycles. The van der Waals surface area contributed by atoms with Crippen LogP contribution in [0.4, 0.5) is 0 Å². The minimum Gasteiger partial charge on any atom is -0.478 e. The highest BCUT2D eigenvalue weighted by molar-refractivity contribution is 5.80. The zero-order chi connectivity index (χ0) is 13.2. The Bertz CT molecular complexity index is 462. The summed E-state index contributed by atoms with van der Waals surface area (Å²) >= 11 is 0. The van der Waals surface area contributed by atoms with Crippen molar-refractivity contribution in [1.29, 1.82) is 0 Å². The number of aliphatic carboxylic acids is 1. The van der Waals surface area contributed by atoms with Crippen LogP contribution in [0.1, 0.15) is 31.4 Å². The van der Waals surface area contributed by atoms with Gasteiger partial charge in [0.15, 0.2) is 0 Å². The molecule has 2 saturated heterocycles. The van der Waals surface area contributed by atoms with Gasteiger partial charge in [0.2, 0.25) is 0 Å². The van der Waals surface area contributed by atoms with E-state index in [9.17, 15) is 4.79 Å². The third-order valence-electron chi connectivity index (χ3n) is 4.29. The summed E-state index contributed by atoms with van der Waals surface area (Å²) in [5.74, 6) is 0.227. The fourth-order valence-electron chi connectivity index (χ4n) is 3.49. The van der Waals surface area contributed by atoms with Gasteiger partial charge >= 0.3 is 5.97 Å². The maximum Gasteiger partial charge on any atom is 0.328 e. The van der Waals surface area contributed by atoms with Crippen molar-refractivity contribution in [2.45, 2.75) is 44.2 Å². The highest BCUT2D eigenvalue weighted by atomic mass is 16.4. The smallest absolute Gasteiger partial charge is 0.328 e. The van der Waals surface area contributed by atoms with Crippen LogP contribution >= 0.6 is 0 Å². The predicted molar refractivity (Wildman–Crippen MR) is 70.9 cm³/mol. The lowest BCUT2D eigenvalue weighted by molar-refractivity contribution is -0.131. The van der Waals surface area contributed by atoms with E-state index in [1.807, 2.05) is 12.1 Å². The molecule has 0 spiro atoms. The van der Waals surface area contributed by atoms with Crippen molar-refractivity contribution in [2.75, 3.05) is 6.54 Å². The first-order valence-electron chi connectivity index (χ1n) is 6.93. The van der Waals surface area contributed by atoms with E-state index in [2.05, 4.69) is 4.90 Å². The van der Waals surface area contributed by atoms with E-state index in [0.717, 1.165) is 37.1 Å². The number of carboxylic acid groups (broad SMARTS) is 1. The van der Waals surface area contributed by atoms with Crippen molar-refractivity contribution < 1.29 is 14.3 Å². The van der Waals surface area contributed by atoms with Gasteiger partial charge in [-0.15, -0.1) is 0 Å². The highest BCUT2D eigenvalue weighted by Crippen LogP contribution is 2.38. The maximum atomic E-state index is 10.8. The van der Waals surface area contributed by atoms with E-state index in [4.69, 9.17) is 9.52 Å². The molecule has 1 aromatic rings. The van der Waals surface area contributed by atoms with Crippen molar-refractivity contribution in [3.05, 3.63) is 35.8 Å². The monoisotopic (exact) mass is 261 g/mol. The van der Waals surface area contributed by atoms with Crippen LogP contribution in [-0.4, -0.2) is 34.6 Å². The summed E-state index contributed by atoms with van der Waals surface area (Å²) in [6.45, 7) is 1.02. The van der Waals surface area contributed by atoms with Gasteiger partial charge in [0, 0.05) is 31.1 Å². The van der Waals surface area contributed by atoms with Crippen molar-refractivity contribution in [2.24, 2.45) is 0 Å². The number of hydrogen-bond acceptors (Lipinski definition) is 3. The van der Waals surface area contributed by atoms with Gasteiger partial charge < -0.3 is 9.52 Å². The number of rotatable bonds is 4. The molecule has 0 aliphatic carbocycles. The largest absolute Gasteiger partial charge is 0.478 e. The van der Waals surface area contributed by atoms with Gasteiger partial charge in [0.05, 0.1) is 6.26 Å². The SMILES string of the molecule is O=C(O)C=C1CC2CCC(C1)N2CCc1ccco1. The van der Waals surface area contributed by atoms with Crippen LogP contribution < -0.4 is 0 Å². The summed E-state index contributed by atoms with van der Waals surface area (Å²) in [4.78, 5) is 13.3. The molecule has 2 aliphatic rings. The Hall–Kier alpha value is -1.55. The van der Waals surface area contributed by atoms with Crippen LogP contribution in [0.3, 0.4) is 0 Å². The maximum absolute atomic E-state index is 10.8. The molecule has 2 bridgehead atoms. The molecule has 19 heavy (non-hydrogen) atoms. The lowest BCUT2D eigenvalue weighted by atomic mass is 9.96. The second-order valence-electron chi connectivity index (χ2n) is 5.50. The summed E-state index contributed by atoms with van der Waals surface area (Å²) in [6.07, 6.45) is 8.29. The number of carboxylic acids is 1. The van der Waals surface area contributed by atoms with Gasteiger partial charge in [-0.05, 0) is 37.8 Å². The average molecular weight is 261 g/mol. The molecule has 3 rings (SSSR count).